The van der Waals surface area contributed by atoms with Crippen molar-refractivity contribution in [2.75, 3.05) is 12.9 Å². The lowest BCUT2D eigenvalue weighted by atomic mass is 10.3. The fraction of sp³-hybridized carbons (Fsp3) is 0.350. The van der Waals surface area contributed by atoms with Gasteiger partial charge in [0, 0.05) is 17.9 Å². The third-order valence-corrected chi connectivity index (χ3v) is 5.25. The zero-order valence-electron chi connectivity index (χ0n) is 14.4. The summed E-state index contributed by atoms with van der Waals surface area (Å²) >= 11 is 1.91. The van der Waals surface area contributed by atoms with E-state index in [2.05, 4.69) is 47.9 Å². The normalized spacial score (nSPS) is 11.1. The highest BCUT2D eigenvalue weighted by Crippen LogP contribution is 2.23. The fourth-order valence-corrected chi connectivity index (χ4v) is 3.79. The number of benzene rings is 2. The van der Waals surface area contributed by atoms with Crippen molar-refractivity contribution in [2.45, 2.75) is 37.6 Å². The molecule has 3 nitrogen and oxygen atoms in total. The standard InChI is InChI=1S/C20H24N2OS/c1-3-20-21-18-8-4-5-9-19(18)22(20)14-6-7-15-24-17-12-10-16(23-2)11-13-17/h4-5,8-13H,3,6-7,14-15H2,1-2H3. The maximum absolute atomic E-state index is 5.19. The lowest BCUT2D eigenvalue weighted by Gasteiger charge is -2.08. The SMILES string of the molecule is CCc1nc2ccccc2n1CCCCSc1ccc(OC)cc1. The monoisotopic (exact) mass is 340 g/mol. The molecule has 3 aromatic rings. The number of aromatic nitrogens is 2. The number of rotatable bonds is 8. The molecule has 0 radical (unpaired) electrons. The minimum atomic E-state index is 0.915. The number of ether oxygens (including phenoxy) is 1. The molecule has 1 aromatic heterocycles. The van der Waals surface area contributed by atoms with E-state index in [1.165, 1.54) is 29.1 Å². The Morgan fingerprint density at radius 3 is 2.58 bits per heavy atom. The van der Waals surface area contributed by atoms with Crippen LogP contribution in [-0.4, -0.2) is 22.4 Å². The largest absolute Gasteiger partial charge is 0.497 e. The van der Waals surface area contributed by atoms with E-state index in [9.17, 15) is 0 Å². The Hall–Kier alpha value is -1.94. The summed E-state index contributed by atoms with van der Waals surface area (Å²) in [7, 11) is 1.70. The van der Waals surface area contributed by atoms with Crippen molar-refractivity contribution in [1.29, 1.82) is 0 Å². The fourth-order valence-electron chi connectivity index (χ4n) is 2.88. The van der Waals surface area contributed by atoms with Gasteiger partial charge in [0.25, 0.3) is 0 Å². The quantitative estimate of drug-likeness (QED) is 0.417. The molecule has 1 heterocycles. The van der Waals surface area contributed by atoms with E-state index in [0.29, 0.717) is 0 Å². The summed E-state index contributed by atoms with van der Waals surface area (Å²) < 4.78 is 7.57. The van der Waals surface area contributed by atoms with Crippen LogP contribution in [-0.2, 0) is 13.0 Å². The molecule has 0 bridgehead atoms. The molecule has 0 fully saturated rings. The molecule has 0 aliphatic heterocycles. The van der Waals surface area contributed by atoms with E-state index in [-0.39, 0.29) is 0 Å². The van der Waals surface area contributed by atoms with Gasteiger partial charge in [-0.2, -0.15) is 0 Å². The van der Waals surface area contributed by atoms with E-state index in [0.717, 1.165) is 30.0 Å². The molecule has 0 unspecified atom stereocenters. The average Bonchev–Trinajstić information content (AvgIpc) is 3.00. The first-order chi connectivity index (χ1) is 11.8. The van der Waals surface area contributed by atoms with Crippen LogP contribution in [0.3, 0.4) is 0 Å². The molecule has 0 aliphatic rings. The van der Waals surface area contributed by atoms with Crippen molar-refractivity contribution in [3.8, 4) is 5.75 Å². The van der Waals surface area contributed by atoms with Gasteiger partial charge in [0.15, 0.2) is 0 Å². The summed E-state index contributed by atoms with van der Waals surface area (Å²) in [5.41, 5.74) is 2.37. The molecule has 2 aromatic carbocycles. The summed E-state index contributed by atoms with van der Waals surface area (Å²) in [6.07, 6.45) is 3.36. The molecule has 0 aliphatic carbocycles. The van der Waals surface area contributed by atoms with Crippen molar-refractivity contribution in [2.24, 2.45) is 0 Å². The van der Waals surface area contributed by atoms with Gasteiger partial charge in [-0.05, 0) is 55.0 Å². The molecule has 24 heavy (non-hydrogen) atoms. The molecule has 3 rings (SSSR count). The maximum Gasteiger partial charge on any atom is 0.118 e. The first-order valence-corrected chi connectivity index (χ1v) is 9.51. The van der Waals surface area contributed by atoms with Crippen molar-refractivity contribution in [3.05, 3.63) is 54.4 Å². The van der Waals surface area contributed by atoms with Gasteiger partial charge < -0.3 is 9.30 Å². The minimum Gasteiger partial charge on any atom is -0.497 e. The predicted octanol–water partition coefficient (Wildman–Crippen LogP) is 5.18. The van der Waals surface area contributed by atoms with Gasteiger partial charge in [0.1, 0.15) is 11.6 Å². The van der Waals surface area contributed by atoms with E-state index >= 15 is 0 Å². The van der Waals surface area contributed by atoms with Crippen molar-refractivity contribution >= 4 is 22.8 Å². The number of para-hydroxylation sites is 2. The first kappa shape index (κ1) is 16.9. The Morgan fingerprint density at radius 2 is 1.83 bits per heavy atom. The third kappa shape index (κ3) is 3.93. The summed E-state index contributed by atoms with van der Waals surface area (Å²) in [6, 6.07) is 16.7. The summed E-state index contributed by atoms with van der Waals surface area (Å²) in [5.74, 6) is 3.25. The molecule has 4 heteroatoms. The summed E-state index contributed by atoms with van der Waals surface area (Å²) in [6.45, 7) is 3.23. The molecule has 0 N–H and O–H groups in total. The molecule has 126 valence electrons. The Balaban J connectivity index is 1.51. The molecular weight excluding hydrogens is 316 g/mol. The second-order valence-electron chi connectivity index (χ2n) is 5.75. The summed E-state index contributed by atoms with van der Waals surface area (Å²) in [4.78, 5) is 6.04. The Bertz CT molecular complexity index is 780. The van der Waals surface area contributed by atoms with Gasteiger partial charge in [-0.15, -0.1) is 11.8 Å². The topological polar surface area (TPSA) is 27.1 Å². The second kappa shape index (κ2) is 8.25. The van der Waals surface area contributed by atoms with Crippen LogP contribution in [0.4, 0.5) is 0 Å². The number of thioether (sulfide) groups is 1. The Morgan fingerprint density at radius 1 is 1.04 bits per heavy atom. The van der Waals surface area contributed by atoms with Gasteiger partial charge >= 0.3 is 0 Å². The summed E-state index contributed by atoms with van der Waals surface area (Å²) in [5, 5.41) is 0. The van der Waals surface area contributed by atoms with E-state index in [1.54, 1.807) is 7.11 Å². The third-order valence-electron chi connectivity index (χ3n) is 4.15. The van der Waals surface area contributed by atoms with Crippen molar-refractivity contribution in [1.82, 2.24) is 9.55 Å². The lowest BCUT2D eigenvalue weighted by molar-refractivity contribution is 0.414. The van der Waals surface area contributed by atoms with Crippen LogP contribution in [0.15, 0.2) is 53.4 Å². The van der Waals surface area contributed by atoms with E-state index in [1.807, 2.05) is 23.9 Å². The van der Waals surface area contributed by atoms with Crippen LogP contribution in [0.2, 0.25) is 0 Å². The molecule has 0 spiro atoms. The highest BCUT2D eigenvalue weighted by Gasteiger charge is 2.08. The first-order valence-electron chi connectivity index (χ1n) is 8.53. The highest BCUT2D eigenvalue weighted by molar-refractivity contribution is 7.99. The molecule has 0 saturated carbocycles. The van der Waals surface area contributed by atoms with Gasteiger partial charge in [-0.1, -0.05) is 19.1 Å². The van der Waals surface area contributed by atoms with Crippen LogP contribution >= 0.6 is 11.8 Å². The van der Waals surface area contributed by atoms with Gasteiger partial charge in [0.2, 0.25) is 0 Å². The number of aryl methyl sites for hydroxylation is 2. The van der Waals surface area contributed by atoms with Crippen molar-refractivity contribution in [3.63, 3.8) is 0 Å². The molecule has 0 atom stereocenters. The number of imidazole rings is 1. The van der Waals surface area contributed by atoms with Crippen LogP contribution in [0.1, 0.15) is 25.6 Å². The van der Waals surface area contributed by atoms with Gasteiger partial charge in [0.05, 0.1) is 18.1 Å². The van der Waals surface area contributed by atoms with Crippen LogP contribution in [0, 0.1) is 0 Å². The van der Waals surface area contributed by atoms with E-state index in [4.69, 9.17) is 9.72 Å². The molecule has 0 saturated heterocycles. The molecular formula is C20H24N2OS. The maximum atomic E-state index is 5.19. The zero-order chi connectivity index (χ0) is 16.8. The van der Waals surface area contributed by atoms with Crippen LogP contribution in [0.25, 0.3) is 11.0 Å². The zero-order valence-corrected chi connectivity index (χ0v) is 15.2. The highest BCUT2D eigenvalue weighted by atomic mass is 32.2. The van der Waals surface area contributed by atoms with Gasteiger partial charge in [-0.3, -0.25) is 0 Å². The predicted molar refractivity (Wildman–Crippen MR) is 102 cm³/mol. The van der Waals surface area contributed by atoms with E-state index < -0.39 is 0 Å². The van der Waals surface area contributed by atoms with Crippen LogP contribution in [0.5, 0.6) is 5.75 Å². The number of unbranched alkanes of at least 4 members (excludes halogenated alkanes) is 1. The number of nitrogens with zero attached hydrogens (tertiary/aromatic N) is 2. The number of hydrogen-bond acceptors (Lipinski definition) is 3. The lowest BCUT2D eigenvalue weighted by Crippen LogP contribution is -2.03. The second-order valence-corrected chi connectivity index (χ2v) is 6.92. The average molecular weight is 340 g/mol. The number of methoxy groups -OCH3 is 1. The molecule has 0 amide bonds. The van der Waals surface area contributed by atoms with Gasteiger partial charge in [-0.25, -0.2) is 4.98 Å². The van der Waals surface area contributed by atoms with Crippen LogP contribution < -0.4 is 4.74 Å². The Kier molecular flexibility index (Phi) is 5.81. The smallest absolute Gasteiger partial charge is 0.118 e. The minimum absolute atomic E-state index is 0.915. The number of hydrogen-bond donors (Lipinski definition) is 0. The van der Waals surface area contributed by atoms with Crippen molar-refractivity contribution < 1.29 is 4.74 Å². The Labute approximate surface area is 148 Å². The number of fused-ring (bicyclic) bond motifs is 1.